The Kier molecular flexibility index (Phi) is 5.74. The summed E-state index contributed by atoms with van der Waals surface area (Å²) in [5, 5.41) is 31.7. The lowest BCUT2D eigenvalue weighted by Gasteiger charge is -2.33. The van der Waals surface area contributed by atoms with E-state index in [0.29, 0.717) is 0 Å². The van der Waals surface area contributed by atoms with Gasteiger partial charge in [-0.1, -0.05) is 38.5 Å². The van der Waals surface area contributed by atoms with Gasteiger partial charge in [0.15, 0.2) is 0 Å². The van der Waals surface area contributed by atoms with Gasteiger partial charge in [-0.15, -0.1) is 0 Å². The minimum absolute atomic E-state index is 0.354. The minimum Gasteiger partial charge on any atom is -0.185 e. The summed E-state index contributed by atoms with van der Waals surface area (Å²) in [5.74, 6) is 0. The van der Waals surface area contributed by atoms with Crippen LogP contribution in [0.15, 0.2) is 10.2 Å². The summed E-state index contributed by atoms with van der Waals surface area (Å²) in [4.78, 5) is -0.707. The molecule has 4 nitrogen and oxygen atoms in total. The van der Waals surface area contributed by atoms with Crippen LogP contribution >= 0.6 is 23.5 Å². The molecule has 6 heteroatoms. The molecule has 0 radical (unpaired) electrons. The van der Waals surface area contributed by atoms with Crippen molar-refractivity contribution in [2.45, 2.75) is 74.0 Å². The van der Waals surface area contributed by atoms with Gasteiger partial charge in [0.2, 0.25) is 0 Å². The average Bonchev–Trinajstić information content (AvgIpc) is 2.48. The summed E-state index contributed by atoms with van der Waals surface area (Å²) in [6.07, 6.45) is 10.6. The number of thiocyanates is 2. The largest absolute Gasteiger partial charge is 0.185 e. The van der Waals surface area contributed by atoms with Gasteiger partial charge in [0.25, 0.3) is 0 Å². The van der Waals surface area contributed by atoms with Crippen LogP contribution in [0.2, 0.25) is 0 Å². The topological polar surface area (TPSA) is 72.3 Å². The van der Waals surface area contributed by atoms with E-state index in [4.69, 9.17) is 10.5 Å². The van der Waals surface area contributed by atoms with Crippen LogP contribution in [0.1, 0.15) is 64.2 Å². The number of nitriles is 2. The van der Waals surface area contributed by atoms with E-state index in [-0.39, 0.29) is 9.74 Å². The third-order valence-corrected chi connectivity index (χ3v) is 6.08. The van der Waals surface area contributed by atoms with Crippen molar-refractivity contribution < 1.29 is 0 Å². The van der Waals surface area contributed by atoms with Crippen molar-refractivity contribution >= 4 is 23.5 Å². The van der Waals surface area contributed by atoms with Crippen LogP contribution in [0.5, 0.6) is 0 Å². The maximum absolute atomic E-state index is 9.04. The molecule has 0 aromatic carbocycles. The van der Waals surface area contributed by atoms with E-state index in [9.17, 15) is 0 Å². The third kappa shape index (κ3) is 3.90. The molecule has 0 unspecified atom stereocenters. The monoisotopic (exact) mass is 308 g/mol. The number of azo groups is 1. The Morgan fingerprint density at radius 2 is 1.00 bits per heavy atom. The van der Waals surface area contributed by atoms with E-state index >= 15 is 0 Å². The number of rotatable bonds is 4. The molecule has 2 fully saturated rings. The fraction of sp³-hybridized carbons (Fsp3) is 0.857. The number of hydrogen-bond acceptors (Lipinski definition) is 6. The van der Waals surface area contributed by atoms with Crippen molar-refractivity contribution in [2.24, 2.45) is 10.2 Å². The second-order valence-electron chi connectivity index (χ2n) is 5.60. The smallest absolute Gasteiger partial charge is 0.140 e. The highest BCUT2D eigenvalue weighted by Crippen LogP contribution is 2.45. The molecule has 0 saturated heterocycles. The first-order valence-electron chi connectivity index (χ1n) is 7.33. The van der Waals surface area contributed by atoms with Crippen LogP contribution in [0.3, 0.4) is 0 Å². The Balaban J connectivity index is 2.14. The zero-order valence-corrected chi connectivity index (χ0v) is 13.3. The van der Waals surface area contributed by atoms with Gasteiger partial charge in [0.05, 0.1) is 0 Å². The molecule has 2 rings (SSSR count). The lowest BCUT2D eigenvalue weighted by molar-refractivity contribution is 0.354. The van der Waals surface area contributed by atoms with E-state index < -0.39 is 0 Å². The van der Waals surface area contributed by atoms with Crippen LogP contribution in [-0.2, 0) is 0 Å². The summed E-state index contributed by atoms with van der Waals surface area (Å²) >= 11 is 2.52. The van der Waals surface area contributed by atoms with Gasteiger partial charge in [-0.2, -0.15) is 20.8 Å². The SMILES string of the molecule is N#CSC1(/N=N/C2(SC#N)CCCCC2)CCCCC1. The van der Waals surface area contributed by atoms with Gasteiger partial charge in [-0.25, -0.2) is 0 Å². The molecule has 0 N–H and O–H groups in total. The minimum atomic E-state index is -0.354. The number of hydrogen-bond donors (Lipinski definition) is 0. The Bertz CT molecular complexity index is 383. The lowest BCUT2D eigenvalue weighted by Crippen LogP contribution is -2.28. The molecule has 108 valence electrons. The van der Waals surface area contributed by atoms with Crippen molar-refractivity contribution in [3.8, 4) is 10.8 Å². The molecule has 0 aromatic heterocycles. The maximum atomic E-state index is 9.04. The maximum Gasteiger partial charge on any atom is 0.140 e. The van der Waals surface area contributed by atoms with Crippen molar-refractivity contribution in [2.75, 3.05) is 0 Å². The molecule has 2 aliphatic rings. The van der Waals surface area contributed by atoms with E-state index in [0.717, 1.165) is 51.4 Å². The number of thioether (sulfide) groups is 2. The molecular weight excluding hydrogens is 288 g/mol. The van der Waals surface area contributed by atoms with Crippen LogP contribution in [0, 0.1) is 21.3 Å². The summed E-state index contributed by atoms with van der Waals surface area (Å²) in [7, 11) is 0. The Morgan fingerprint density at radius 1 is 0.650 bits per heavy atom. The molecule has 0 aromatic rings. The first-order valence-corrected chi connectivity index (χ1v) is 8.96. The third-order valence-electron chi connectivity index (χ3n) is 4.16. The standard InChI is InChI=1S/C14H20N4S2/c15-11-19-13(7-3-1-4-8-13)17-18-14(20-12-16)9-5-2-6-10-14/h1-10H2/b18-17+. The van der Waals surface area contributed by atoms with Gasteiger partial charge < -0.3 is 0 Å². The van der Waals surface area contributed by atoms with Gasteiger partial charge in [-0.05, 0) is 49.2 Å². The highest BCUT2D eigenvalue weighted by atomic mass is 32.2. The van der Waals surface area contributed by atoms with Crippen LogP contribution < -0.4 is 0 Å². The summed E-state index contributed by atoms with van der Waals surface area (Å²) < 4.78 is 0. The Hall–Kier alpha value is -0.720. The highest BCUT2D eigenvalue weighted by molar-refractivity contribution is 8.05. The van der Waals surface area contributed by atoms with Crippen LogP contribution in [0.25, 0.3) is 0 Å². The molecule has 0 aliphatic heterocycles. The normalized spacial score (nSPS) is 24.9. The zero-order chi connectivity index (χ0) is 14.3. The molecule has 0 amide bonds. The first-order chi connectivity index (χ1) is 9.74. The molecule has 2 aliphatic carbocycles. The van der Waals surface area contributed by atoms with Gasteiger partial charge >= 0.3 is 0 Å². The number of nitrogens with zero attached hydrogens (tertiary/aromatic N) is 4. The summed E-state index contributed by atoms with van der Waals surface area (Å²) in [6, 6.07) is 0. The van der Waals surface area contributed by atoms with Gasteiger partial charge in [0, 0.05) is 0 Å². The molecule has 20 heavy (non-hydrogen) atoms. The second-order valence-corrected chi connectivity index (χ2v) is 7.89. The van der Waals surface area contributed by atoms with Crippen molar-refractivity contribution in [3.05, 3.63) is 0 Å². The lowest BCUT2D eigenvalue weighted by atomic mass is 9.94. The highest BCUT2D eigenvalue weighted by Gasteiger charge is 2.37. The Morgan fingerprint density at radius 3 is 1.30 bits per heavy atom. The molecular formula is C14H20N4S2. The quantitative estimate of drug-likeness (QED) is 0.529. The fourth-order valence-corrected chi connectivity index (χ4v) is 4.49. The summed E-state index contributed by atoms with van der Waals surface area (Å²) in [5.41, 5.74) is 0. The van der Waals surface area contributed by atoms with Gasteiger partial charge in [0.1, 0.15) is 20.5 Å². The average molecular weight is 308 g/mol. The summed E-state index contributed by atoms with van der Waals surface area (Å²) in [6.45, 7) is 0. The fourth-order valence-electron chi connectivity index (χ4n) is 3.01. The van der Waals surface area contributed by atoms with Crippen molar-refractivity contribution in [1.29, 1.82) is 10.5 Å². The van der Waals surface area contributed by atoms with Crippen LogP contribution in [-0.4, -0.2) is 9.74 Å². The predicted molar refractivity (Wildman–Crippen MR) is 82.9 cm³/mol. The van der Waals surface area contributed by atoms with E-state index in [1.165, 1.54) is 36.4 Å². The van der Waals surface area contributed by atoms with Crippen LogP contribution in [0.4, 0.5) is 0 Å². The van der Waals surface area contributed by atoms with Crippen molar-refractivity contribution in [1.82, 2.24) is 0 Å². The zero-order valence-electron chi connectivity index (χ0n) is 11.7. The second kappa shape index (κ2) is 7.33. The van der Waals surface area contributed by atoms with E-state index in [1.807, 2.05) is 0 Å². The molecule has 0 spiro atoms. The molecule has 2 saturated carbocycles. The van der Waals surface area contributed by atoms with E-state index in [2.05, 4.69) is 21.0 Å². The molecule has 0 heterocycles. The van der Waals surface area contributed by atoms with Gasteiger partial charge in [-0.3, -0.25) is 0 Å². The molecule has 0 bridgehead atoms. The Labute approximate surface area is 129 Å². The first kappa shape index (κ1) is 15.7. The van der Waals surface area contributed by atoms with Crippen molar-refractivity contribution in [3.63, 3.8) is 0 Å². The van der Waals surface area contributed by atoms with E-state index in [1.54, 1.807) is 0 Å². The molecule has 0 atom stereocenters. The predicted octanol–water partition coefficient (Wildman–Crippen LogP) is 5.19.